The fourth-order valence-corrected chi connectivity index (χ4v) is 1.74. The lowest BCUT2D eigenvalue weighted by atomic mass is 10.0. The molecule has 0 aliphatic rings. The lowest BCUT2D eigenvalue weighted by Gasteiger charge is -2.07. The zero-order valence-corrected chi connectivity index (χ0v) is 10.1. The molecule has 0 aromatic heterocycles. The van der Waals surface area contributed by atoms with Crippen LogP contribution >= 0.6 is 0 Å². The Balaban J connectivity index is 3.07. The highest BCUT2D eigenvalue weighted by atomic mass is 16.3. The van der Waals surface area contributed by atoms with E-state index in [4.69, 9.17) is 0 Å². The molecular formula is C13H27O. The van der Waals surface area contributed by atoms with Gasteiger partial charge < -0.3 is 0 Å². The SMILES string of the molecule is CCCCCCC([O])CCCCCC. The average Bonchev–Trinajstić information content (AvgIpc) is 2.19. The van der Waals surface area contributed by atoms with Gasteiger partial charge in [-0.1, -0.05) is 65.2 Å². The summed E-state index contributed by atoms with van der Waals surface area (Å²) in [5, 5.41) is 11.5. The van der Waals surface area contributed by atoms with Crippen molar-refractivity contribution in [3.8, 4) is 0 Å². The van der Waals surface area contributed by atoms with E-state index in [0.29, 0.717) is 0 Å². The van der Waals surface area contributed by atoms with Crippen molar-refractivity contribution in [1.29, 1.82) is 0 Å². The maximum absolute atomic E-state index is 11.5. The first kappa shape index (κ1) is 14.0. The van der Waals surface area contributed by atoms with Crippen molar-refractivity contribution >= 4 is 0 Å². The molecule has 0 aromatic carbocycles. The second-order valence-electron chi connectivity index (χ2n) is 4.32. The first-order valence-corrected chi connectivity index (χ1v) is 6.47. The number of hydrogen-bond donors (Lipinski definition) is 0. The highest BCUT2D eigenvalue weighted by molar-refractivity contribution is 4.56. The van der Waals surface area contributed by atoms with Crippen LogP contribution in [0.3, 0.4) is 0 Å². The minimum absolute atomic E-state index is 0.274. The van der Waals surface area contributed by atoms with Crippen LogP contribution in [0.2, 0.25) is 0 Å². The van der Waals surface area contributed by atoms with Crippen LogP contribution in [-0.4, -0.2) is 6.10 Å². The molecule has 1 heteroatoms. The number of rotatable bonds is 10. The maximum atomic E-state index is 11.5. The van der Waals surface area contributed by atoms with Gasteiger partial charge in [0.05, 0.1) is 6.10 Å². The third-order valence-electron chi connectivity index (χ3n) is 2.76. The molecule has 85 valence electrons. The Morgan fingerprint density at radius 2 is 1.14 bits per heavy atom. The molecule has 0 saturated carbocycles. The second-order valence-corrected chi connectivity index (χ2v) is 4.32. The van der Waals surface area contributed by atoms with Crippen LogP contribution in [0.15, 0.2) is 0 Å². The molecule has 0 aromatic rings. The van der Waals surface area contributed by atoms with E-state index in [0.717, 1.165) is 25.7 Å². The Morgan fingerprint density at radius 3 is 1.50 bits per heavy atom. The molecule has 0 spiro atoms. The average molecular weight is 199 g/mol. The van der Waals surface area contributed by atoms with Crippen molar-refractivity contribution in [3.05, 3.63) is 0 Å². The lowest BCUT2D eigenvalue weighted by molar-refractivity contribution is 0.0689. The van der Waals surface area contributed by atoms with Gasteiger partial charge in [-0.2, -0.15) is 0 Å². The second kappa shape index (κ2) is 11.0. The van der Waals surface area contributed by atoms with E-state index in [2.05, 4.69) is 13.8 Å². The van der Waals surface area contributed by atoms with Gasteiger partial charge in [0.25, 0.3) is 0 Å². The van der Waals surface area contributed by atoms with Gasteiger partial charge in [-0.15, -0.1) is 0 Å². The summed E-state index contributed by atoms with van der Waals surface area (Å²) in [6.07, 6.45) is 11.5. The van der Waals surface area contributed by atoms with Crippen LogP contribution in [0.25, 0.3) is 0 Å². The molecule has 14 heavy (non-hydrogen) atoms. The largest absolute Gasteiger partial charge is 0.233 e. The first-order valence-electron chi connectivity index (χ1n) is 6.47. The maximum Gasteiger partial charge on any atom is 0.0930 e. The molecule has 0 saturated heterocycles. The molecule has 0 amide bonds. The molecule has 0 aliphatic carbocycles. The Hall–Kier alpha value is -0.0400. The van der Waals surface area contributed by atoms with E-state index in [-0.39, 0.29) is 6.10 Å². The van der Waals surface area contributed by atoms with Crippen LogP contribution in [-0.2, 0) is 5.11 Å². The summed E-state index contributed by atoms with van der Waals surface area (Å²) < 4.78 is 0. The highest BCUT2D eigenvalue weighted by Gasteiger charge is 2.04. The highest BCUT2D eigenvalue weighted by Crippen LogP contribution is 2.12. The van der Waals surface area contributed by atoms with Crippen LogP contribution in [0.4, 0.5) is 0 Å². The Kier molecular flexibility index (Phi) is 11.0. The summed E-state index contributed by atoms with van der Waals surface area (Å²) >= 11 is 0. The summed E-state index contributed by atoms with van der Waals surface area (Å²) in [4.78, 5) is 0. The van der Waals surface area contributed by atoms with Crippen LogP contribution in [0, 0.1) is 0 Å². The lowest BCUT2D eigenvalue weighted by Crippen LogP contribution is -2.03. The molecule has 1 nitrogen and oxygen atoms in total. The summed E-state index contributed by atoms with van der Waals surface area (Å²) in [7, 11) is 0. The van der Waals surface area contributed by atoms with Crippen molar-refractivity contribution < 1.29 is 5.11 Å². The zero-order chi connectivity index (χ0) is 10.6. The van der Waals surface area contributed by atoms with Gasteiger partial charge in [0.15, 0.2) is 0 Å². The van der Waals surface area contributed by atoms with E-state index in [1.165, 1.54) is 38.5 Å². The van der Waals surface area contributed by atoms with Gasteiger partial charge in [0, 0.05) is 0 Å². The third kappa shape index (κ3) is 10.0. The molecule has 0 aliphatic heterocycles. The predicted octanol–water partition coefficient (Wildman–Crippen LogP) is 4.73. The van der Waals surface area contributed by atoms with Crippen molar-refractivity contribution in [2.75, 3.05) is 0 Å². The molecule has 0 unspecified atom stereocenters. The molecule has 0 fully saturated rings. The topological polar surface area (TPSA) is 19.9 Å². The number of hydrogen-bond acceptors (Lipinski definition) is 0. The van der Waals surface area contributed by atoms with Crippen molar-refractivity contribution in [2.45, 2.75) is 84.2 Å². The minimum Gasteiger partial charge on any atom is -0.233 e. The van der Waals surface area contributed by atoms with Gasteiger partial charge >= 0.3 is 0 Å². The normalized spacial score (nSPS) is 11.1. The molecule has 0 rings (SSSR count). The fraction of sp³-hybridized carbons (Fsp3) is 1.00. The van der Waals surface area contributed by atoms with Crippen LogP contribution in [0.1, 0.15) is 78.1 Å². The van der Waals surface area contributed by atoms with Gasteiger partial charge in [-0.25, -0.2) is 5.11 Å². The van der Waals surface area contributed by atoms with E-state index < -0.39 is 0 Å². The predicted molar refractivity (Wildman–Crippen MR) is 62.0 cm³/mol. The van der Waals surface area contributed by atoms with Crippen molar-refractivity contribution in [1.82, 2.24) is 0 Å². The molecular weight excluding hydrogens is 172 g/mol. The third-order valence-corrected chi connectivity index (χ3v) is 2.76. The molecule has 0 heterocycles. The van der Waals surface area contributed by atoms with E-state index >= 15 is 0 Å². The van der Waals surface area contributed by atoms with E-state index in [1.54, 1.807) is 0 Å². The summed E-state index contributed by atoms with van der Waals surface area (Å²) in [6, 6.07) is 0. The van der Waals surface area contributed by atoms with Gasteiger partial charge in [-0.05, 0) is 12.8 Å². The van der Waals surface area contributed by atoms with Gasteiger partial charge in [0.1, 0.15) is 0 Å². The zero-order valence-electron chi connectivity index (χ0n) is 10.1. The van der Waals surface area contributed by atoms with E-state index in [9.17, 15) is 5.11 Å². The summed E-state index contributed by atoms with van der Waals surface area (Å²) in [5.74, 6) is 0. The van der Waals surface area contributed by atoms with Crippen LogP contribution < -0.4 is 0 Å². The van der Waals surface area contributed by atoms with Crippen molar-refractivity contribution in [2.24, 2.45) is 0 Å². The monoisotopic (exact) mass is 199 g/mol. The Morgan fingerprint density at radius 1 is 0.714 bits per heavy atom. The number of unbranched alkanes of at least 4 members (excludes halogenated alkanes) is 6. The molecule has 0 bridgehead atoms. The van der Waals surface area contributed by atoms with Crippen molar-refractivity contribution in [3.63, 3.8) is 0 Å². The Labute approximate surface area is 89.9 Å². The van der Waals surface area contributed by atoms with Gasteiger partial charge in [0.2, 0.25) is 0 Å². The Bertz CT molecular complexity index is 89.4. The fourth-order valence-electron chi connectivity index (χ4n) is 1.74. The van der Waals surface area contributed by atoms with E-state index in [1.807, 2.05) is 0 Å². The summed E-state index contributed by atoms with van der Waals surface area (Å²) in [6.45, 7) is 4.42. The van der Waals surface area contributed by atoms with Crippen LogP contribution in [0.5, 0.6) is 0 Å². The molecule has 0 N–H and O–H groups in total. The summed E-state index contributed by atoms with van der Waals surface area (Å²) in [5.41, 5.74) is 0. The quantitative estimate of drug-likeness (QED) is 0.453. The van der Waals surface area contributed by atoms with Gasteiger partial charge in [-0.3, -0.25) is 0 Å². The smallest absolute Gasteiger partial charge is 0.0930 e. The molecule has 1 radical (unpaired) electrons. The first-order chi connectivity index (χ1) is 6.81. The standard InChI is InChI=1S/C13H27O/c1-3-5-7-9-11-13(14)12-10-8-6-4-2/h13H,3-12H2,1-2H3. The minimum atomic E-state index is -0.274. The molecule has 0 atom stereocenters.